The monoisotopic (exact) mass is 302 g/mol. The number of nitriles is 1. The molecule has 0 radical (unpaired) electrons. The summed E-state index contributed by atoms with van der Waals surface area (Å²) in [5.41, 5.74) is -0.244. The van der Waals surface area contributed by atoms with Gasteiger partial charge >= 0.3 is 5.97 Å². The zero-order valence-electron chi connectivity index (χ0n) is 10.6. The smallest absolute Gasteiger partial charge is 0.337 e. The number of carboxylic acids is 1. The molecule has 21 heavy (non-hydrogen) atoms. The molecule has 0 spiro atoms. The van der Waals surface area contributed by atoms with Crippen LogP contribution in [0.1, 0.15) is 15.9 Å². The molecule has 0 amide bonds. The highest BCUT2D eigenvalue weighted by Crippen LogP contribution is 2.22. The van der Waals surface area contributed by atoms with Crippen molar-refractivity contribution in [2.45, 2.75) is 4.90 Å². The van der Waals surface area contributed by atoms with Crippen LogP contribution in [0.4, 0.5) is 5.69 Å². The molecule has 2 rings (SSSR count). The minimum atomic E-state index is -4.05. The fraction of sp³-hybridized carbons (Fsp3) is 0. The van der Waals surface area contributed by atoms with Crippen LogP contribution >= 0.6 is 0 Å². The largest absolute Gasteiger partial charge is 0.478 e. The van der Waals surface area contributed by atoms with Crippen molar-refractivity contribution in [2.75, 3.05) is 4.72 Å². The number of sulfonamides is 1. The Morgan fingerprint density at radius 1 is 1.10 bits per heavy atom. The second-order valence-electron chi connectivity index (χ2n) is 4.06. The van der Waals surface area contributed by atoms with Crippen molar-refractivity contribution in [3.05, 3.63) is 59.7 Å². The van der Waals surface area contributed by atoms with Crippen molar-refractivity contribution in [1.82, 2.24) is 0 Å². The first-order valence-electron chi connectivity index (χ1n) is 5.80. The van der Waals surface area contributed by atoms with Gasteiger partial charge in [-0.2, -0.15) is 5.26 Å². The quantitative estimate of drug-likeness (QED) is 0.898. The van der Waals surface area contributed by atoms with Gasteiger partial charge in [0.15, 0.2) is 0 Å². The maximum atomic E-state index is 12.3. The van der Waals surface area contributed by atoms with E-state index in [4.69, 9.17) is 10.4 Å². The van der Waals surface area contributed by atoms with E-state index in [1.54, 1.807) is 12.1 Å². The maximum Gasteiger partial charge on any atom is 0.337 e. The van der Waals surface area contributed by atoms with E-state index in [1.165, 1.54) is 42.5 Å². The number of carboxylic acid groups (broad SMARTS) is 1. The summed E-state index contributed by atoms with van der Waals surface area (Å²) in [6, 6.07) is 13.1. The van der Waals surface area contributed by atoms with Gasteiger partial charge in [0.2, 0.25) is 0 Å². The summed E-state index contributed by atoms with van der Waals surface area (Å²) >= 11 is 0. The zero-order chi connectivity index (χ0) is 15.5. The molecule has 106 valence electrons. The molecule has 0 fully saturated rings. The van der Waals surface area contributed by atoms with E-state index in [2.05, 4.69) is 4.72 Å². The van der Waals surface area contributed by atoms with E-state index < -0.39 is 16.0 Å². The van der Waals surface area contributed by atoms with Gasteiger partial charge in [-0.05, 0) is 24.3 Å². The molecule has 6 nitrogen and oxygen atoms in total. The number of para-hydroxylation sites is 1. The minimum Gasteiger partial charge on any atom is -0.478 e. The van der Waals surface area contributed by atoms with Crippen LogP contribution in [-0.4, -0.2) is 19.5 Å². The van der Waals surface area contributed by atoms with Crippen LogP contribution in [0.3, 0.4) is 0 Å². The summed E-state index contributed by atoms with van der Waals surface area (Å²) in [5, 5.41) is 18.0. The molecule has 0 bridgehead atoms. The van der Waals surface area contributed by atoms with E-state index in [0.717, 1.165) is 0 Å². The molecule has 0 aliphatic rings. The topological polar surface area (TPSA) is 107 Å². The normalized spacial score (nSPS) is 10.6. The van der Waals surface area contributed by atoms with Gasteiger partial charge in [-0.1, -0.05) is 24.3 Å². The van der Waals surface area contributed by atoms with Gasteiger partial charge in [-0.3, -0.25) is 4.72 Å². The predicted molar refractivity (Wildman–Crippen MR) is 75.4 cm³/mol. The number of nitrogens with zero attached hydrogens (tertiary/aromatic N) is 1. The van der Waals surface area contributed by atoms with Crippen LogP contribution in [0, 0.1) is 11.3 Å². The van der Waals surface area contributed by atoms with Gasteiger partial charge in [0.05, 0.1) is 16.8 Å². The number of aromatic carboxylic acids is 1. The van der Waals surface area contributed by atoms with E-state index >= 15 is 0 Å². The molecule has 7 heteroatoms. The Balaban J connectivity index is 2.49. The molecule has 2 aromatic rings. The first-order chi connectivity index (χ1) is 9.95. The van der Waals surface area contributed by atoms with Crippen molar-refractivity contribution in [3.8, 4) is 6.07 Å². The predicted octanol–water partition coefficient (Wildman–Crippen LogP) is 2.06. The Morgan fingerprint density at radius 3 is 2.38 bits per heavy atom. The van der Waals surface area contributed by atoms with Gasteiger partial charge in [0.25, 0.3) is 10.0 Å². The summed E-state index contributed by atoms with van der Waals surface area (Å²) in [7, 11) is -4.05. The summed E-state index contributed by atoms with van der Waals surface area (Å²) in [5.74, 6) is -1.25. The Labute approximate surface area is 121 Å². The molecule has 0 atom stereocenters. The first kappa shape index (κ1) is 14.6. The second-order valence-corrected chi connectivity index (χ2v) is 5.72. The molecule has 2 aromatic carbocycles. The molecule has 0 heterocycles. The van der Waals surface area contributed by atoms with Crippen molar-refractivity contribution in [3.63, 3.8) is 0 Å². The van der Waals surface area contributed by atoms with Crippen LogP contribution in [0.15, 0.2) is 53.4 Å². The van der Waals surface area contributed by atoms with Gasteiger partial charge < -0.3 is 5.11 Å². The number of rotatable bonds is 4. The zero-order valence-corrected chi connectivity index (χ0v) is 11.5. The van der Waals surface area contributed by atoms with Crippen LogP contribution in [0.5, 0.6) is 0 Å². The average molecular weight is 302 g/mol. The van der Waals surface area contributed by atoms with Gasteiger partial charge in [-0.25, -0.2) is 13.2 Å². The van der Waals surface area contributed by atoms with Crippen molar-refractivity contribution < 1.29 is 18.3 Å². The molecule has 2 N–H and O–H groups in total. The third-order valence-electron chi connectivity index (χ3n) is 2.70. The fourth-order valence-corrected chi connectivity index (χ4v) is 2.99. The molecule has 0 saturated heterocycles. The third-order valence-corrected chi connectivity index (χ3v) is 4.12. The highest BCUT2D eigenvalue weighted by Gasteiger charge is 2.20. The standard InChI is InChI=1S/C14H10N2O4S/c15-9-10-5-1-4-8-13(10)21(19,20)16-12-7-3-2-6-11(12)14(17)18/h1-8,16H,(H,17,18). The van der Waals surface area contributed by atoms with E-state index in [1.807, 2.05) is 0 Å². The Kier molecular flexibility index (Phi) is 3.91. The highest BCUT2D eigenvalue weighted by atomic mass is 32.2. The number of hydrogen-bond acceptors (Lipinski definition) is 4. The Morgan fingerprint density at radius 2 is 1.71 bits per heavy atom. The lowest BCUT2D eigenvalue weighted by atomic mass is 10.2. The number of nitrogens with one attached hydrogen (secondary N) is 1. The molecule has 0 aromatic heterocycles. The molecular formula is C14H10N2O4S. The summed E-state index contributed by atoms with van der Waals surface area (Å²) in [6.45, 7) is 0. The lowest BCUT2D eigenvalue weighted by Crippen LogP contribution is -2.16. The fourth-order valence-electron chi connectivity index (χ4n) is 1.75. The lowest BCUT2D eigenvalue weighted by molar-refractivity contribution is 0.0698. The number of hydrogen-bond donors (Lipinski definition) is 2. The third kappa shape index (κ3) is 3.01. The second kappa shape index (κ2) is 5.64. The van der Waals surface area contributed by atoms with E-state index in [0.29, 0.717) is 0 Å². The highest BCUT2D eigenvalue weighted by molar-refractivity contribution is 7.92. The first-order valence-corrected chi connectivity index (χ1v) is 7.28. The Hall–Kier alpha value is -2.85. The summed E-state index contributed by atoms with van der Waals surface area (Å²) in [6.07, 6.45) is 0. The van der Waals surface area contributed by atoms with Crippen LogP contribution in [-0.2, 0) is 10.0 Å². The molecule has 0 aliphatic heterocycles. The number of benzene rings is 2. The maximum absolute atomic E-state index is 12.3. The molecule has 0 aliphatic carbocycles. The van der Waals surface area contributed by atoms with Crippen molar-refractivity contribution >= 4 is 21.7 Å². The minimum absolute atomic E-state index is 0.0159. The van der Waals surface area contributed by atoms with Crippen LogP contribution in [0.2, 0.25) is 0 Å². The SMILES string of the molecule is N#Cc1ccccc1S(=O)(=O)Nc1ccccc1C(=O)O. The Bertz CT molecular complexity index is 838. The average Bonchev–Trinajstić information content (AvgIpc) is 2.47. The summed E-state index contributed by atoms with van der Waals surface area (Å²) in [4.78, 5) is 10.9. The van der Waals surface area contributed by atoms with E-state index in [9.17, 15) is 13.2 Å². The molecule has 0 saturated carbocycles. The summed E-state index contributed by atoms with van der Waals surface area (Å²) < 4.78 is 26.8. The molecule has 0 unspecified atom stereocenters. The van der Waals surface area contributed by atoms with Gasteiger partial charge in [-0.15, -0.1) is 0 Å². The number of carbonyl (C=O) groups is 1. The van der Waals surface area contributed by atoms with Crippen molar-refractivity contribution in [2.24, 2.45) is 0 Å². The molecular weight excluding hydrogens is 292 g/mol. The van der Waals surface area contributed by atoms with E-state index in [-0.39, 0.29) is 21.7 Å². The van der Waals surface area contributed by atoms with Gasteiger partial charge in [0, 0.05) is 0 Å². The van der Waals surface area contributed by atoms with Gasteiger partial charge in [0.1, 0.15) is 11.0 Å². The van der Waals surface area contributed by atoms with Crippen LogP contribution < -0.4 is 4.72 Å². The van der Waals surface area contributed by atoms with Crippen molar-refractivity contribution in [1.29, 1.82) is 5.26 Å². The number of anilines is 1. The lowest BCUT2D eigenvalue weighted by Gasteiger charge is -2.11. The van der Waals surface area contributed by atoms with Crippen LogP contribution in [0.25, 0.3) is 0 Å².